The van der Waals surface area contributed by atoms with Crippen LogP contribution in [0.4, 0.5) is 0 Å². The van der Waals surface area contributed by atoms with E-state index in [0.717, 1.165) is 10.6 Å². The first-order chi connectivity index (χ1) is 8.40. The zero-order valence-corrected chi connectivity index (χ0v) is 9.42. The Morgan fingerprint density at radius 3 is 2.82 bits per heavy atom. The van der Waals surface area contributed by atoms with Gasteiger partial charge in [-0.3, -0.25) is 14.3 Å². The van der Waals surface area contributed by atoms with Crippen LogP contribution >= 0.6 is 12.2 Å². The van der Waals surface area contributed by atoms with E-state index in [1.807, 2.05) is 0 Å². The van der Waals surface area contributed by atoms with Gasteiger partial charge in [0, 0.05) is 12.3 Å². The zero-order chi connectivity index (χ0) is 13.5. The van der Waals surface area contributed by atoms with Crippen LogP contribution in [0.15, 0.2) is 17.1 Å². The molecule has 1 aliphatic heterocycles. The molecule has 0 unspecified atom stereocenters. The van der Waals surface area contributed by atoms with Crippen LogP contribution in [-0.4, -0.2) is 49.8 Å². The number of aliphatic hydroxyl groups excluding tert-OH is 3. The first-order valence-corrected chi connectivity index (χ1v) is 5.28. The Balaban J connectivity index is 2.49. The number of nitrogens with zero attached hydrogens (tertiary/aromatic N) is 1. The summed E-state index contributed by atoms with van der Waals surface area (Å²) in [6.07, 6.45) is -5.02. The predicted molar refractivity (Wildman–Crippen MR) is 58.9 cm³/mol. The Labute approximate surface area is 102 Å². The predicted octanol–water partition coefficient (Wildman–Crippen LogP) is -1.48. The summed E-state index contributed by atoms with van der Waals surface area (Å²) in [7, 11) is 0. The molecule has 0 spiro atoms. The Morgan fingerprint density at radius 2 is 2.29 bits per heavy atom. The number of nitrogens with one attached hydrogen (secondary N) is 1. The lowest BCUT2D eigenvalue weighted by Gasteiger charge is -2.17. The molecule has 2 heterocycles. The number of hydrogen-bond donors (Lipinski definition) is 4. The maximum atomic E-state index is 11.0. The average molecular weight is 261 g/mol. The second kappa shape index (κ2) is 4.67. The van der Waals surface area contributed by atoms with E-state index in [0.29, 0.717) is 0 Å². The molecule has 1 saturated heterocycles. The number of aliphatic hydroxyl groups is 3. The Morgan fingerprint density at radius 1 is 1.59 bits per heavy atom. The molecule has 1 aliphatic rings. The van der Waals surface area contributed by atoms with Gasteiger partial charge in [-0.1, -0.05) is 0 Å². The second-order valence-corrected chi connectivity index (χ2v) is 3.98. The van der Waals surface area contributed by atoms with Crippen molar-refractivity contribution in [2.45, 2.75) is 24.5 Å². The van der Waals surface area contributed by atoms with E-state index in [4.69, 9.17) is 23.4 Å². The molecule has 0 saturated carbocycles. The summed E-state index contributed by atoms with van der Waals surface area (Å²) < 4.78 is 14.0. The van der Waals surface area contributed by atoms with Crippen LogP contribution in [0.1, 0.15) is 7.57 Å². The molecular formula is C9H12N2O5S. The van der Waals surface area contributed by atoms with Gasteiger partial charge in [-0.05, 0) is 12.2 Å². The van der Waals surface area contributed by atoms with E-state index in [1.54, 1.807) is 0 Å². The first kappa shape index (κ1) is 11.1. The highest BCUT2D eigenvalue weighted by Gasteiger charge is 2.43. The van der Waals surface area contributed by atoms with Gasteiger partial charge < -0.3 is 20.1 Å². The minimum atomic E-state index is -2.09. The number of aromatic nitrogens is 2. The molecule has 0 radical (unpaired) electrons. The topological polar surface area (TPSA) is 108 Å². The summed E-state index contributed by atoms with van der Waals surface area (Å²) in [4.78, 5) is 13.3. The van der Waals surface area contributed by atoms with Crippen molar-refractivity contribution in [1.82, 2.24) is 9.55 Å². The fourth-order valence-corrected chi connectivity index (χ4v) is 1.83. The van der Waals surface area contributed by atoms with Gasteiger partial charge in [0.2, 0.25) is 0 Å². The SMILES string of the molecule is [2H][C@@]1(n2ccc(=O)[nH]c2=S)O[C@H](CO)[C@@H](O)[C@H]1O. The van der Waals surface area contributed by atoms with E-state index in [9.17, 15) is 15.0 Å². The third-order valence-electron chi connectivity index (χ3n) is 2.47. The van der Waals surface area contributed by atoms with Crippen LogP contribution in [0.2, 0.25) is 0 Å². The third-order valence-corrected chi connectivity index (χ3v) is 2.77. The Bertz CT molecular complexity index is 560. The van der Waals surface area contributed by atoms with Crippen LogP contribution in [0.25, 0.3) is 0 Å². The van der Waals surface area contributed by atoms with Crippen LogP contribution < -0.4 is 5.56 Å². The van der Waals surface area contributed by atoms with Crippen molar-refractivity contribution >= 4 is 12.2 Å². The van der Waals surface area contributed by atoms with Gasteiger partial charge in [-0.25, -0.2) is 0 Å². The monoisotopic (exact) mass is 261 g/mol. The lowest BCUT2D eigenvalue weighted by molar-refractivity contribution is -0.0541. The van der Waals surface area contributed by atoms with Crippen molar-refractivity contribution in [3.05, 3.63) is 27.4 Å². The highest BCUT2D eigenvalue weighted by molar-refractivity contribution is 7.71. The molecule has 8 heteroatoms. The van der Waals surface area contributed by atoms with Crippen molar-refractivity contribution in [2.24, 2.45) is 0 Å². The van der Waals surface area contributed by atoms with E-state index < -0.39 is 36.7 Å². The molecule has 0 aliphatic carbocycles. The fourth-order valence-electron chi connectivity index (χ4n) is 1.58. The number of aromatic amines is 1. The molecule has 4 N–H and O–H groups in total. The minimum Gasteiger partial charge on any atom is -0.394 e. The first-order valence-electron chi connectivity index (χ1n) is 5.37. The van der Waals surface area contributed by atoms with E-state index >= 15 is 0 Å². The number of H-pyrrole nitrogens is 1. The Hall–Kier alpha value is -1.06. The van der Waals surface area contributed by atoms with Crippen LogP contribution in [0, 0.1) is 4.77 Å². The molecule has 4 atom stereocenters. The lowest BCUT2D eigenvalue weighted by atomic mass is 10.1. The van der Waals surface area contributed by atoms with Gasteiger partial charge in [0.15, 0.2) is 11.0 Å². The summed E-state index contributed by atoms with van der Waals surface area (Å²) in [6.45, 7) is -0.546. The summed E-state index contributed by atoms with van der Waals surface area (Å²) >= 11 is 4.87. The summed E-state index contributed by atoms with van der Waals surface area (Å²) in [6, 6.07) is 1.11. The van der Waals surface area contributed by atoms with E-state index in [1.165, 1.54) is 6.20 Å². The minimum absolute atomic E-state index is 0.123. The number of ether oxygens (including phenoxy) is 1. The lowest BCUT2D eigenvalue weighted by Crippen LogP contribution is -2.33. The van der Waals surface area contributed by atoms with E-state index in [-0.39, 0.29) is 4.77 Å². The van der Waals surface area contributed by atoms with Gasteiger partial charge >= 0.3 is 0 Å². The van der Waals surface area contributed by atoms with Gasteiger partial charge in [0.25, 0.3) is 5.56 Å². The summed E-state index contributed by atoms with van der Waals surface area (Å²) in [5.74, 6) is 0. The van der Waals surface area contributed by atoms with Crippen molar-refractivity contribution in [3.63, 3.8) is 0 Å². The standard InChI is InChI=1S/C9H12N2O5S/c12-3-4-6(14)7(15)8(16-4)11-2-1-5(13)10-9(11)17/h1-2,4,6-8,12,14-15H,3H2,(H,10,13,17)/t4-,6-,7-,8-/m1/s1/i8D. The second-order valence-electron chi connectivity index (χ2n) is 3.59. The van der Waals surface area contributed by atoms with Gasteiger partial charge in [-0.15, -0.1) is 0 Å². The molecule has 17 heavy (non-hydrogen) atoms. The van der Waals surface area contributed by atoms with Crippen LogP contribution in [0.5, 0.6) is 0 Å². The molecule has 0 amide bonds. The van der Waals surface area contributed by atoms with Crippen LogP contribution in [0.3, 0.4) is 0 Å². The molecule has 1 aromatic heterocycles. The fraction of sp³-hybridized carbons (Fsp3) is 0.556. The van der Waals surface area contributed by atoms with Gasteiger partial charge in [0.1, 0.15) is 18.3 Å². The molecule has 0 aromatic carbocycles. The zero-order valence-electron chi connectivity index (χ0n) is 9.61. The highest BCUT2D eigenvalue weighted by atomic mass is 32.1. The highest BCUT2D eigenvalue weighted by Crippen LogP contribution is 2.28. The molecule has 7 nitrogen and oxygen atoms in total. The summed E-state index contributed by atoms with van der Waals surface area (Å²) in [5.41, 5.74) is -0.452. The normalized spacial score (nSPS) is 38.1. The number of hydrogen-bond acceptors (Lipinski definition) is 6. The molecule has 1 aromatic rings. The Kier molecular flexibility index (Phi) is 3.04. The number of rotatable bonds is 2. The third kappa shape index (κ3) is 2.17. The smallest absolute Gasteiger partial charge is 0.251 e. The molecule has 1 fully saturated rings. The van der Waals surface area contributed by atoms with Crippen LogP contribution in [-0.2, 0) is 4.74 Å². The van der Waals surface area contributed by atoms with Crippen molar-refractivity contribution in [1.29, 1.82) is 0 Å². The molecule has 2 rings (SSSR count). The average Bonchev–Trinajstić information content (AvgIpc) is 2.54. The quantitative estimate of drug-likeness (QED) is 0.483. The summed E-state index contributed by atoms with van der Waals surface area (Å²) in [5, 5.41) is 28.4. The van der Waals surface area contributed by atoms with Gasteiger partial charge in [-0.2, -0.15) is 0 Å². The largest absolute Gasteiger partial charge is 0.394 e. The van der Waals surface area contributed by atoms with E-state index in [2.05, 4.69) is 4.98 Å². The molecule has 0 bridgehead atoms. The van der Waals surface area contributed by atoms with Crippen molar-refractivity contribution in [3.8, 4) is 0 Å². The van der Waals surface area contributed by atoms with Gasteiger partial charge in [0.05, 0.1) is 7.98 Å². The maximum absolute atomic E-state index is 11.0. The van der Waals surface area contributed by atoms with Crippen molar-refractivity contribution < 1.29 is 21.4 Å². The molecule has 94 valence electrons. The van der Waals surface area contributed by atoms with Crippen molar-refractivity contribution in [2.75, 3.05) is 6.61 Å². The molecular weight excluding hydrogens is 248 g/mol. The maximum Gasteiger partial charge on any atom is 0.251 e.